The molecule has 3 aromatic carbocycles. The van der Waals surface area contributed by atoms with Gasteiger partial charge in [0.2, 0.25) is 5.95 Å². The highest BCUT2D eigenvalue weighted by Gasteiger charge is 2.16. The molecule has 5 aromatic rings. The summed E-state index contributed by atoms with van der Waals surface area (Å²) in [5.41, 5.74) is 4.89. The summed E-state index contributed by atoms with van der Waals surface area (Å²) in [6, 6.07) is 26.7. The largest absolute Gasteiger partial charge is 0.497 e. The average molecular weight is 523 g/mol. The Hall–Kier alpha value is -4.76. The van der Waals surface area contributed by atoms with Crippen molar-refractivity contribution in [1.82, 2.24) is 15.0 Å². The second kappa shape index (κ2) is 11.1. The number of aromatic nitrogens is 3. The van der Waals surface area contributed by atoms with E-state index in [0.717, 1.165) is 33.4 Å². The van der Waals surface area contributed by atoms with Crippen molar-refractivity contribution in [2.75, 3.05) is 23.1 Å². The molecule has 0 saturated carbocycles. The summed E-state index contributed by atoms with van der Waals surface area (Å²) in [6.07, 6.45) is 0. The van der Waals surface area contributed by atoms with Crippen LogP contribution < -0.4 is 20.7 Å². The van der Waals surface area contributed by atoms with Crippen LogP contribution in [0.2, 0.25) is 0 Å². The first-order valence-electron chi connectivity index (χ1n) is 11.9. The van der Waals surface area contributed by atoms with Crippen LogP contribution in [-0.4, -0.2) is 28.0 Å². The van der Waals surface area contributed by atoms with Gasteiger partial charge in [-0.2, -0.15) is 4.98 Å². The monoisotopic (exact) mass is 522 g/mol. The van der Waals surface area contributed by atoms with E-state index in [-0.39, 0.29) is 5.91 Å². The summed E-state index contributed by atoms with van der Waals surface area (Å²) < 4.78 is 5.21. The van der Waals surface area contributed by atoms with Crippen LogP contribution in [0.3, 0.4) is 0 Å². The third kappa shape index (κ3) is 5.96. The topological polar surface area (TPSA) is 101 Å². The number of anilines is 5. The number of hydrogen-bond acceptors (Lipinski definition) is 8. The maximum absolute atomic E-state index is 12.9. The second-order valence-electron chi connectivity index (χ2n) is 8.53. The average Bonchev–Trinajstić information content (AvgIpc) is 3.32. The van der Waals surface area contributed by atoms with Gasteiger partial charge in [0.05, 0.1) is 12.8 Å². The quantitative estimate of drug-likeness (QED) is 0.202. The molecule has 0 unspecified atom stereocenters. The van der Waals surface area contributed by atoms with E-state index in [2.05, 4.69) is 30.9 Å². The highest BCUT2D eigenvalue weighted by molar-refractivity contribution is 7.17. The smallest absolute Gasteiger partial charge is 0.267 e. The number of carbonyl (C=O) groups is 1. The number of amides is 1. The molecule has 0 aliphatic carbocycles. The Morgan fingerprint density at radius 1 is 0.789 bits per heavy atom. The Bertz CT molecular complexity index is 1550. The van der Waals surface area contributed by atoms with E-state index >= 15 is 0 Å². The Morgan fingerprint density at radius 2 is 1.45 bits per heavy atom. The van der Waals surface area contributed by atoms with Crippen LogP contribution in [0, 0.1) is 13.8 Å². The summed E-state index contributed by atoms with van der Waals surface area (Å²) in [5.74, 6) is 1.74. The van der Waals surface area contributed by atoms with Crippen molar-refractivity contribution in [2.45, 2.75) is 13.8 Å². The Balaban J connectivity index is 1.24. The van der Waals surface area contributed by atoms with Crippen LogP contribution in [0.4, 0.5) is 28.8 Å². The number of benzene rings is 3. The molecule has 9 heteroatoms. The van der Waals surface area contributed by atoms with Crippen LogP contribution in [0.25, 0.3) is 10.6 Å². The molecule has 2 heterocycles. The second-order valence-corrected chi connectivity index (χ2v) is 9.53. The summed E-state index contributed by atoms with van der Waals surface area (Å²) in [6.45, 7) is 3.76. The third-order valence-corrected chi connectivity index (χ3v) is 6.84. The van der Waals surface area contributed by atoms with E-state index < -0.39 is 0 Å². The molecule has 0 spiro atoms. The number of thiazole rings is 1. The van der Waals surface area contributed by atoms with E-state index in [1.165, 1.54) is 11.3 Å². The van der Waals surface area contributed by atoms with Crippen molar-refractivity contribution in [3.63, 3.8) is 0 Å². The molecule has 38 heavy (non-hydrogen) atoms. The standard InChI is InChI=1S/C29H26N6O2S/c1-18-17-25(32-21-13-15-24(37-3)16-14-21)35-29(30-18)34-23-11-9-22(10-12-23)33-27(36)26-19(2)31-28(38-26)20-7-5-4-6-8-20/h4-17H,1-3H3,(H,33,36)(H2,30,32,34,35). The first-order valence-corrected chi connectivity index (χ1v) is 12.8. The maximum atomic E-state index is 12.9. The Morgan fingerprint density at radius 3 is 2.16 bits per heavy atom. The zero-order valence-corrected chi connectivity index (χ0v) is 22.0. The highest BCUT2D eigenvalue weighted by Crippen LogP contribution is 2.29. The van der Waals surface area contributed by atoms with Crippen molar-refractivity contribution in [3.8, 4) is 16.3 Å². The van der Waals surface area contributed by atoms with E-state index in [0.29, 0.717) is 28.0 Å². The minimum atomic E-state index is -0.181. The van der Waals surface area contributed by atoms with E-state index in [1.807, 2.05) is 98.8 Å². The van der Waals surface area contributed by atoms with E-state index in [1.54, 1.807) is 7.11 Å². The molecule has 5 rings (SSSR count). The first kappa shape index (κ1) is 24.9. The molecule has 3 N–H and O–H groups in total. The number of aryl methyl sites for hydroxylation is 2. The Labute approximate surface area is 224 Å². The third-order valence-electron chi connectivity index (χ3n) is 5.64. The molecular formula is C29H26N6O2S. The molecule has 0 aliphatic heterocycles. The van der Waals surface area contributed by atoms with Gasteiger partial charge in [0.25, 0.3) is 5.91 Å². The fraction of sp³-hybridized carbons (Fsp3) is 0.103. The number of hydrogen-bond donors (Lipinski definition) is 3. The van der Waals surface area contributed by atoms with E-state index in [9.17, 15) is 4.79 Å². The molecule has 2 aromatic heterocycles. The van der Waals surface area contributed by atoms with Crippen molar-refractivity contribution >= 4 is 46.1 Å². The lowest BCUT2D eigenvalue weighted by molar-refractivity contribution is 0.103. The highest BCUT2D eigenvalue weighted by atomic mass is 32.1. The number of ether oxygens (including phenoxy) is 1. The fourth-order valence-corrected chi connectivity index (χ4v) is 4.74. The SMILES string of the molecule is COc1ccc(Nc2cc(C)nc(Nc3ccc(NC(=O)c4sc(-c5ccccc5)nc4C)cc3)n2)cc1. The van der Waals surface area contributed by atoms with Gasteiger partial charge in [-0.1, -0.05) is 30.3 Å². The van der Waals surface area contributed by atoms with Crippen LogP contribution in [-0.2, 0) is 0 Å². The number of rotatable bonds is 8. The van der Waals surface area contributed by atoms with Gasteiger partial charge in [-0.25, -0.2) is 9.97 Å². The van der Waals surface area contributed by atoms with Gasteiger partial charge in [-0.15, -0.1) is 11.3 Å². The lowest BCUT2D eigenvalue weighted by atomic mass is 10.2. The first-order chi connectivity index (χ1) is 18.5. The molecule has 0 saturated heterocycles. The summed E-state index contributed by atoms with van der Waals surface area (Å²) >= 11 is 1.39. The van der Waals surface area contributed by atoms with Gasteiger partial charge in [-0.3, -0.25) is 4.79 Å². The molecular weight excluding hydrogens is 496 g/mol. The summed E-state index contributed by atoms with van der Waals surface area (Å²) in [7, 11) is 1.64. The number of carbonyl (C=O) groups excluding carboxylic acids is 1. The van der Waals surface area contributed by atoms with Gasteiger partial charge in [-0.05, 0) is 62.4 Å². The maximum Gasteiger partial charge on any atom is 0.267 e. The number of nitrogens with zero attached hydrogens (tertiary/aromatic N) is 3. The van der Waals surface area contributed by atoms with Gasteiger partial charge < -0.3 is 20.7 Å². The summed E-state index contributed by atoms with van der Waals surface area (Å²) in [4.78, 5) is 27.2. The van der Waals surface area contributed by atoms with Crippen molar-refractivity contribution < 1.29 is 9.53 Å². The van der Waals surface area contributed by atoms with Crippen LogP contribution in [0.1, 0.15) is 21.1 Å². The molecule has 8 nitrogen and oxygen atoms in total. The minimum Gasteiger partial charge on any atom is -0.497 e. The molecule has 0 bridgehead atoms. The molecule has 0 aliphatic rings. The zero-order valence-electron chi connectivity index (χ0n) is 21.1. The van der Waals surface area contributed by atoms with Crippen LogP contribution >= 0.6 is 11.3 Å². The normalized spacial score (nSPS) is 10.6. The molecule has 0 radical (unpaired) electrons. The molecule has 1 amide bonds. The van der Waals surface area contributed by atoms with E-state index in [4.69, 9.17) is 4.74 Å². The van der Waals surface area contributed by atoms with Gasteiger partial charge in [0.1, 0.15) is 21.5 Å². The lowest BCUT2D eigenvalue weighted by Crippen LogP contribution is -2.11. The van der Waals surface area contributed by atoms with Crippen molar-refractivity contribution in [3.05, 3.63) is 101 Å². The predicted molar refractivity (Wildman–Crippen MR) is 153 cm³/mol. The predicted octanol–water partition coefficient (Wildman–Crippen LogP) is 6.97. The minimum absolute atomic E-state index is 0.181. The van der Waals surface area contributed by atoms with Crippen LogP contribution in [0.15, 0.2) is 84.9 Å². The summed E-state index contributed by atoms with van der Waals surface area (Å²) in [5, 5.41) is 10.3. The lowest BCUT2D eigenvalue weighted by Gasteiger charge is -2.11. The van der Waals surface area contributed by atoms with Gasteiger partial charge in [0, 0.05) is 34.4 Å². The molecule has 0 fully saturated rings. The van der Waals surface area contributed by atoms with Gasteiger partial charge >= 0.3 is 0 Å². The zero-order chi connectivity index (χ0) is 26.5. The molecule has 190 valence electrons. The van der Waals surface area contributed by atoms with Crippen molar-refractivity contribution in [2.24, 2.45) is 0 Å². The fourth-order valence-electron chi connectivity index (χ4n) is 3.78. The number of methoxy groups -OCH3 is 1. The van der Waals surface area contributed by atoms with Crippen molar-refractivity contribution in [1.29, 1.82) is 0 Å². The van der Waals surface area contributed by atoms with Crippen LogP contribution in [0.5, 0.6) is 5.75 Å². The molecule has 0 atom stereocenters. The Kier molecular flexibility index (Phi) is 7.28. The number of nitrogens with one attached hydrogen (secondary N) is 3. The van der Waals surface area contributed by atoms with Gasteiger partial charge in [0.15, 0.2) is 0 Å².